The lowest BCUT2D eigenvalue weighted by atomic mass is 10.1. The van der Waals surface area contributed by atoms with Gasteiger partial charge >= 0.3 is 0 Å². The smallest absolute Gasteiger partial charge is 0.275 e. The summed E-state index contributed by atoms with van der Waals surface area (Å²) in [4.78, 5) is 12.3. The van der Waals surface area contributed by atoms with Crippen LogP contribution < -0.4 is 15.9 Å². The molecule has 0 radical (unpaired) electrons. The molecule has 0 aliphatic rings. The Morgan fingerprint density at radius 2 is 1.87 bits per heavy atom. The van der Waals surface area contributed by atoms with Gasteiger partial charge in [0.25, 0.3) is 5.91 Å². The minimum absolute atomic E-state index is 0.300. The third kappa shape index (κ3) is 4.57. The van der Waals surface area contributed by atoms with E-state index in [1.165, 1.54) is 0 Å². The monoisotopic (exact) mass is 311 g/mol. The maximum atomic E-state index is 12.3. The number of hydrogen-bond acceptors (Lipinski definition) is 4. The van der Waals surface area contributed by atoms with Gasteiger partial charge in [-0.15, -0.1) is 0 Å². The number of hydrogen-bond donors (Lipinski definition) is 2. The van der Waals surface area contributed by atoms with Crippen LogP contribution in [0.1, 0.15) is 36.2 Å². The van der Waals surface area contributed by atoms with Crippen molar-refractivity contribution in [2.75, 3.05) is 12.3 Å². The van der Waals surface area contributed by atoms with E-state index in [4.69, 9.17) is 10.5 Å². The maximum absolute atomic E-state index is 12.3. The number of anilines is 1. The molecule has 2 aromatic rings. The summed E-state index contributed by atoms with van der Waals surface area (Å²) < 4.78 is 5.59. The van der Waals surface area contributed by atoms with Crippen molar-refractivity contribution in [3.8, 4) is 5.75 Å². The van der Waals surface area contributed by atoms with Crippen molar-refractivity contribution in [1.29, 1.82) is 0 Å². The number of amides is 1. The van der Waals surface area contributed by atoms with Gasteiger partial charge in [0.15, 0.2) is 0 Å². The number of carbonyl (C=O) groups is 1. The second-order valence-electron chi connectivity index (χ2n) is 5.10. The largest absolute Gasteiger partial charge is 0.493 e. The van der Waals surface area contributed by atoms with Gasteiger partial charge in [0.05, 0.1) is 17.9 Å². The van der Waals surface area contributed by atoms with Crippen LogP contribution in [0.3, 0.4) is 0 Å². The lowest BCUT2D eigenvalue weighted by Gasteiger charge is -2.09. The van der Waals surface area contributed by atoms with E-state index < -0.39 is 0 Å². The summed E-state index contributed by atoms with van der Waals surface area (Å²) in [7, 11) is 0. The number of hydrazone groups is 1. The van der Waals surface area contributed by atoms with Gasteiger partial charge in [0, 0.05) is 5.69 Å². The van der Waals surface area contributed by atoms with Crippen LogP contribution in [0.25, 0.3) is 0 Å². The van der Waals surface area contributed by atoms with Crippen molar-refractivity contribution in [3.05, 3.63) is 59.7 Å². The normalized spacial score (nSPS) is 11.1. The molecule has 2 aromatic carbocycles. The molecule has 0 fully saturated rings. The fourth-order valence-electron chi connectivity index (χ4n) is 1.98. The lowest BCUT2D eigenvalue weighted by molar-refractivity contribution is 0.0950. The third-order valence-corrected chi connectivity index (χ3v) is 3.25. The number of ether oxygens (including phenoxy) is 1. The number of nitrogens with zero attached hydrogens (tertiary/aromatic N) is 1. The number of rotatable bonds is 6. The van der Waals surface area contributed by atoms with Crippen molar-refractivity contribution in [3.63, 3.8) is 0 Å². The summed E-state index contributed by atoms with van der Waals surface area (Å²) in [6.45, 7) is 4.41. The maximum Gasteiger partial charge on any atom is 0.275 e. The minimum Gasteiger partial charge on any atom is -0.493 e. The highest BCUT2D eigenvalue weighted by Crippen LogP contribution is 2.18. The van der Waals surface area contributed by atoms with Crippen molar-refractivity contribution in [2.24, 2.45) is 5.10 Å². The van der Waals surface area contributed by atoms with Gasteiger partial charge in [0.2, 0.25) is 0 Å². The van der Waals surface area contributed by atoms with E-state index in [1.54, 1.807) is 30.3 Å². The summed E-state index contributed by atoms with van der Waals surface area (Å²) in [6, 6.07) is 14.4. The molecule has 120 valence electrons. The predicted octanol–water partition coefficient (Wildman–Crippen LogP) is 3.21. The first kappa shape index (κ1) is 16.5. The number of nitrogens with two attached hydrogens (primary N) is 1. The van der Waals surface area contributed by atoms with Crippen LogP contribution in [0.15, 0.2) is 53.6 Å². The molecule has 0 aliphatic heterocycles. The van der Waals surface area contributed by atoms with Crippen LogP contribution in [-0.2, 0) is 0 Å². The van der Waals surface area contributed by atoms with E-state index in [1.807, 2.05) is 32.0 Å². The summed E-state index contributed by atoms with van der Waals surface area (Å²) in [6.07, 6.45) is 0.879. The van der Waals surface area contributed by atoms with E-state index in [0.29, 0.717) is 29.3 Å². The molecule has 0 atom stereocenters. The molecular weight excluding hydrogens is 290 g/mol. The van der Waals surface area contributed by atoms with Gasteiger partial charge in [-0.2, -0.15) is 5.10 Å². The number of para-hydroxylation sites is 1. The molecule has 23 heavy (non-hydrogen) atoms. The van der Waals surface area contributed by atoms with E-state index in [9.17, 15) is 4.79 Å². The first-order valence-electron chi connectivity index (χ1n) is 7.54. The first-order valence-corrected chi connectivity index (χ1v) is 7.54. The van der Waals surface area contributed by atoms with Crippen molar-refractivity contribution in [1.82, 2.24) is 5.43 Å². The number of benzene rings is 2. The summed E-state index contributed by atoms with van der Waals surface area (Å²) in [5.74, 6) is 0.263. The molecule has 0 saturated heterocycles. The lowest BCUT2D eigenvalue weighted by Crippen LogP contribution is -2.20. The van der Waals surface area contributed by atoms with Crippen molar-refractivity contribution in [2.45, 2.75) is 20.3 Å². The second kappa shape index (κ2) is 7.98. The molecule has 0 spiro atoms. The Labute approximate surface area is 136 Å². The molecular formula is C18H21N3O2. The fourth-order valence-corrected chi connectivity index (χ4v) is 1.98. The van der Waals surface area contributed by atoms with Crippen molar-refractivity contribution < 1.29 is 9.53 Å². The standard InChI is InChI=1S/C18H21N3O2/c1-3-12-23-17-7-5-4-6-16(17)18(22)21-20-13(2)14-8-10-15(19)11-9-14/h4-11H,3,12,19H2,1-2H3,(H,21,22)/b20-13+. The molecule has 1 amide bonds. The second-order valence-corrected chi connectivity index (χ2v) is 5.10. The van der Waals surface area contributed by atoms with Gasteiger partial charge in [-0.3, -0.25) is 4.79 Å². The van der Waals surface area contributed by atoms with E-state index >= 15 is 0 Å². The molecule has 0 aliphatic carbocycles. The minimum atomic E-state index is -0.300. The van der Waals surface area contributed by atoms with Crippen LogP contribution in [0, 0.1) is 0 Å². The molecule has 2 rings (SSSR count). The van der Waals surface area contributed by atoms with E-state index in [-0.39, 0.29) is 5.91 Å². The quantitative estimate of drug-likeness (QED) is 0.488. The molecule has 3 N–H and O–H groups in total. The van der Waals surface area contributed by atoms with Crippen LogP contribution >= 0.6 is 0 Å². The topological polar surface area (TPSA) is 76.7 Å². The molecule has 0 heterocycles. The van der Waals surface area contributed by atoms with Crippen LogP contribution in [0.5, 0.6) is 5.75 Å². The highest BCUT2D eigenvalue weighted by Gasteiger charge is 2.11. The highest BCUT2D eigenvalue weighted by molar-refractivity contribution is 6.01. The zero-order chi connectivity index (χ0) is 16.7. The Morgan fingerprint density at radius 3 is 2.57 bits per heavy atom. The average Bonchev–Trinajstić information content (AvgIpc) is 2.58. The summed E-state index contributed by atoms with van der Waals surface area (Å²) in [5, 5.41) is 4.14. The highest BCUT2D eigenvalue weighted by atomic mass is 16.5. The number of nitrogens with one attached hydrogen (secondary N) is 1. The van der Waals surface area contributed by atoms with Crippen LogP contribution in [0.2, 0.25) is 0 Å². The summed E-state index contributed by atoms with van der Waals surface area (Å²) >= 11 is 0. The number of carbonyl (C=O) groups excluding carboxylic acids is 1. The van der Waals surface area contributed by atoms with Gasteiger partial charge < -0.3 is 10.5 Å². The molecule has 0 aromatic heterocycles. The molecule has 5 nitrogen and oxygen atoms in total. The molecule has 0 bridgehead atoms. The van der Waals surface area contributed by atoms with Crippen LogP contribution in [0.4, 0.5) is 5.69 Å². The molecule has 0 unspecified atom stereocenters. The first-order chi connectivity index (χ1) is 11.1. The fraction of sp³-hybridized carbons (Fsp3) is 0.222. The number of nitrogen functional groups attached to an aromatic ring is 1. The molecule has 5 heteroatoms. The van der Waals surface area contributed by atoms with Crippen molar-refractivity contribution >= 4 is 17.3 Å². The summed E-state index contributed by atoms with van der Waals surface area (Å²) in [5.41, 5.74) is 11.0. The van der Waals surface area contributed by atoms with Gasteiger partial charge in [-0.1, -0.05) is 31.2 Å². The predicted molar refractivity (Wildman–Crippen MR) is 92.8 cm³/mol. The zero-order valence-corrected chi connectivity index (χ0v) is 13.4. The Kier molecular flexibility index (Phi) is 5.74. The van der Waals surface area contributed by atoms with Gasteiger partial charge in [-0.05, 0) is 43.2 Å². The van der Waals surface area contributed by atoms with E-state index in [0.717, 1.165) is 12.0 Å². The zero-order valence-electron chi connectivity index (χ0n) is 13.4. The Morgan fingerprint density at radius 1 is 1.17 bits per heavy atom. The average molecular weight is 311 g/mol. The SMILES string of the molecule is CCCOc1ccccc1C(=O)N/N=C(\C)c1ccc(N)cc1. The molecule has 0 saturated carbocycles. The van der Waals surface area contributed by atoms with Gasteiger partial charge in [-0.25, -0.2) is 5.43 Å². The Bertz CT molecular complexity index is 694. The van der Waals surface area contributed by atoms with E-state index in [2.05, 4.69) is 10.5 Å². The van der Waals surface area contributed by atoms with Gasteiger partial charge in [0.1, 0.15) is 5.75 Å². The van der Waals surface area contributed by atoms with Crippen LogP contribution in [-0.4, -0.2) is 18.2 Å². The third-order valence-electron chi connectivity index (χ3n) is 3.25. The Hall–Kier alpha value is -2.82. The Balaban J connectivity index is 2.10.